The fourth-order valence-electron chi connectivity index (χ4n) is 0. The maximum absolute atomic E-state index is 9.75. The van der Waals surface area contributed by atoms with E-state index in [9.17, 15) is 17.3 Å². The van der Waals surface area contributed by atoms with Crippen molar-refractivity contribution in [2.24, 2.45) is 0 Å². The predicted octanol–water partition coefficient (Wildman–Crippen LogP) is 0.771. The van der Waals surface area contributed by atoms with Crippen LogP contribution in [-0.4, -0.2) is 11.8 Å². The maximum Gasteiger partial charge on any atom is 0.673 e. The van der Waals surface area contributed by atoms with Crippen LogP contribution in [0.15, 0.2) is 0 Å². The molecule has 7 heteroatoms. The third-order valence-corrected chi connectivity index (χ3v) is 0. The van der Waals surface area contributed by atoms with Gasteiger partial charge in [0, 0.05) is 0 Å². The summed E-state index contributed by atoms with van der Waals surface area (Å²) in [4.78, 5) is 0. The Kier molecular flexibility index (Phi) is 6.18. The van der Waals surface area contributed by atoms with Crippen molar-refractivity contribution in [2.45, 2.75) is 0 Å². The van der Waals surface area contributed by atoms with E-state index in [4.69, 9.17) is 4.55 Å². The van der Waals surface area contributed by atoms with Gasteiger partial charge in [-0.05, 0) is 0 Å². The van der Waals surface area contributed by atoms with E-state index in [1.165, 1.54) is 0 Å². The summed E-state index contributed by atoms with van der Waals surface area (Å²) in [7, 11) is -6.00. The molecular weight excluding hydrogens is 135 g/mol. The molecule has 0 atom stereocenters. The van der Waals surface area contributed by atoms with Crippen molar-refractivity contribution in [1.82, 2.24) is 0 Å². The molecule has 1 nitrogen and oxygen atoms in total. The second kappa shape index (κ2) is 4.26. The molecule has 0 aromatic heterocycles. The van der Waals surface area contributed by atoms with Crippen LogP contribution in [0.5, 0.6) is 0 Å². The van der Waals surface area contributed by atoms with Crippen LogP contribution in [-0.2, 0) is 12.9 Å². The normalized spacial score (nSPS) is 9.43. The van der Waals surface area contributed by atoms with Crippen LogP contribution in [0.1, 0.15) is 0 Å². The van der Waals surface area contributed by atoms with Crippen molar-refractivity contribution < 1.29 is 21.8 Å². The molecule has 0 aromatic rings. The molecular formula is H3BF4OS. The van der Waals surface area contributed by atoms with Crippen LogP contribution in [0, 0.1) is 0 Å². The third-order valence-electron chi connectivity index (χ3n) is 0. The Morgan fingerprint density at radius 3 is 1.00 bits per heavy atom. The molecule has 0 heterocycles. The van der Waals surface area contributed by atoms with Gasteiger partial charge in [0.15, 0.2) is 0 Å². The minimum Gasteiger partial charge on any atom is -0.418 e. The summed E-state index contributed by atoms with van der Waals surface area (Å²) in [5.74, 6) is 0. The molecule has 0 aromatic carbocycles. The molecule has 0 aliphatic heterocycles. The second-order valence-electron chi connectivity index (χ2n) is 0.495. The van der Waals surface area contributed by atoms with Crippen LogP contribution >= 0.6 is 0 Å². The largest absolute Gasteiger partial charge is 0.673 e. The molecule has 0 amide bonds. The lowest BCUT2D eigenvalue weighted by molar-refractivity contribution is 0.368. The van der Waals surface area contributed by atoms with Crippen LogP contribution in [0.25, 0.3) is 0 Å². The molecule has 0 saturated carbocycles. The van der Waals surface area contributed by atoms with Crippen molar-refractivity contribution in [3.05, 3.63) is 0 Å². The lowest BCUT2D eigenvalue weighted by Crippen LogP contribution is -2.02. The van der Waals surface area contributed by atoms with Gasteiger partial charge in [-0.15, -0.1) is 0 Å². The number of hydrogen-bond donors (Lipinski definition) is 1. The van der Waals surface area contributed by atoms with Crippen LogP contribution in [0.2, 0.25) is 0 Å². The van der Waals surface area contributed by atoms with Crippen LogP contribution < -0.4 is 0 Å². The first-order valence-corrected chi connectivity index (χ1v) is 1.54. The molecule has 0 unspecified atom stereocenters. The Bertz CT molecular complexity index is 27.2. The Hall–Kier alpha value is 0.0949. The Morgan fingerprint density at radius 1 is 1.00 bits per heavy atom. The van der Waals surface area contributed by atoms with Gasteiger partial charge in [-0.1, -0.05) is 0 Å². The Balaban J connectivity index is 0. The van der Waals surface area contributed by atoms with Gasteiger partial charge in [0.1, 0.15) is 12.9 Å². The zero-order valence-electron chi connectivity index (χ0n) is 3.04. The lowest BCUT2D eigenvalue weighted by atomic mass is 10.3. The summed E-state index contributed by atoms with van der Waals surface area (Å²) in [5, 5.41) is 0. The van der Waals surface area contributed by atoms with Gasteiger partial charge in [-0.3, -0.25) is 0 Å². The highest BCUT2D eigenvalue weighted by atomic mass is 32.1. The molecule has 0 aliphatic rings. The number of hydrogen-bond acceptors (Lipinski definition) is 1. The Labute approximate surface area is 43.1 Å². The van der Waals surface area contributed by atoms with E-state index in [0.29, 0.717) is 0 Å². The van der Waals surface area contributed by atoms with Crippen LogP contribution in [0.3, 0.4) is 0 Å². The first kappa shape index (κ1) is 10.2. The minimum atomic E-state index is -6.00. The fraction of sp³-hybridized carbons (Fsp3) is 0. The van der Waals surface area contributed by atoms with Gasteiger partial charge < -0.3 is 17.3 Å². The first-order valence-electron chi connectivity index (χ1n) is 1.10. The topological polar surface area (TPSA) is 20.2 Å². The van der Waals surface area contributed by atoms with Gasteiger partial charge in [-0.25, -0.2) is 0 Å². The van der Waals surface area contributed by atoms with Crippen molar-refractivity contribution in [1.29, 1.82) is 0 Å². The van der Waals surface area contributed by atoms with Gasteiger partial charge in [0.2, 0.25) is 0 Å². The molecule has 0 rings (SSSR count). The summed E-state index contributed by atoms with van der Waals surface area (Å²) >= 11 is 1.97. The summed E-state index contributed by atoms with van der Waals surface area (Å²) in [6.07, 6.45) is 0. The van der Waals surface area contributed by atoms with Crippen LogP contribution in [0.4, 0.5) is 17.3 Å². The molecule has 46 valence electrons. The van der Waals surface area contributed by atoms with Crippen molar-refractivity contribution in [2.75, 3.05) is 0 Å². The first-order chi connectivity index (χ1) is 3.00. The fourth-order valence-corrected chi connectivity index (χ4v) is 0. The smallest absolute Gasteiger partial charge is 0.418 e. The van der Waals surface area contributed by atoms with Gasteiger partial charge in [0.25, 0.3) is 0 Å². The zero-order valence-corrected chi connectivity index (χ0v) is 4.04. The lowest BCUT2D eigenvalue weighted by Gasteiger charge is -1.94. The van der Waals surface area contributed by atoms with E-state index >= 15 is 0 Å². The predicted molar refractivity (Wildman–Crippen MR) is 23.0 cm³/mol. The molecule has 0 spiro atoms. The average Bonchev–Trinajstić information content (AvgIpc) is 1.36. The van der Waals surface area contributed by atoms with E-state index in [1.807, 2.05) is 12.9 Å². The summed E-state index contributed by atoms with van der Waals surface area (Å²) in [6, 6.07) is 0. The molecule has 0 fully saturated rings. The van der Waals surface area contributed by atoms with E-state index < -0.39 is 7.25 Å². The summed E-state index contributed by atoms with van der Waals surface area (Å²) < 4.78 is 45.8. The monoisotopic (exact) mass is 138 g/mol. The van der Waals surface area contributed by atoms with Crippen molar-refractivity contribution in [3.63, 3.8) is 0 Å². The SMILES string of the molecule is F[B-](F)(F)F.O[SH2+]. The van der Waals surface area contributed by atoms with E-state index in [2.05, 4.69) is 0 Å². The van der Waals surface area contributed by atoms with E-state index in [-0.39, 0.29) is 0 Å². The molecule has 1 N–H and O–H groups in total. The summed E-state index contributed by atoms with van der Waals surface area (Å²) in [5.41, 5.74) is 0. The standard InChI is InChI=1S/BF4.H2OS/c2-1(3,4)5;1-2/h;1-2H/q-1;/p+1. The second-order valence-corrected chi connectivity index (χ2v) is 0.495. The van der Waals surface area contributed by atoms with Gasteiger partial charge in [-0.2, -0.15) is 4.55 Å². The third kappa shape index (κ3) is 11300. The zero-order chi connectivity index (χ0) is 6.50. The minimum absolute atomic E-state index is 1.97. The quantitative estimate of drug-likeness (QED) is 0.297. The highest BCUT2D eigenvalue weighted by Gasteiger charge is 2.20. The molecule has 0 bridgehead atoms. The maximum atomic E-state index is 9.75. The average molecular weight is 138 g/mol. The molecule has 0 radical (unpaired) electrons. The van der Waals surface area contributed by atoms with E-state index in [0.717, 1.165) is 0 Å². The summed E-state index contributed by atoms with van der Waals surface area (Å²) in [6.45, 7) is 0. The Morgan fingerprint density at radius 2 is 1.00 bits per heavy atom. The number of halogens is 4. The molecule has 0 saturated heterocycles. The van der Waals surface area contributed by atoms with Gasteiger partial charge in [0.05, 0.1) is 0 Å². The van der Waals surface area contributed by atoms with Gasteiger partial charge >= 0.3 is 7.25 Å². The van der Waals surface area contributed by atoms with Crippen molar-refractivity contribution >= 4 is 20.2 Å². The van der Waals surface area contributed by atoms with Crippen molar-refractivity contribution in [3.8, 4) is 0 Å². The highest BCUT2D eigenvalue weighted by Crippen LogP contribution is 2.06. The highest BCUT2D eigenvalue weighted by molar-refractivity contribution is 7.51. The molecule has 7 heavy (non-hydrogen) atoms. The van der Waals surface area contributed by atoms with E-state index in [1.54, 1.807) is 0 Å². The number of rotatable bonds is 0. The molecule has 0 aliphatic carbocycles.